The summed E-state index contributed by atoms with van der Waals surface area (Å²) in [6.45, 7) is 0.394. The summed E-state index contributed by atoms with van der Waals surface area (Å²) >= 11 is 0. The van der Waals surface area contributed by atoms with Gasteiger partial charge in [-0.05, 0) is 37.1 Å². The van der Waals surface area contributed by atoms with Crippen molar-refractivity contribution in [3.8, 4) is 16.9 Å². The molecule has 1 fully saturated rings. The van der Waals surface area contributed by atoms with Gasteiger partial charge >= 0.3 is 6.18 Å². The van der Waals surface area contributed by atoms with Crippen LogP contribution in [0.5, 0.6) is 0 Å². The number of para-hydroxylation sites is 1. The molecule has 0 aliphatic carbocycles. The zero-order chi connectivity index (χ0) is 34.0. The Morgan fingerprint density at radius 1 is 1.00 bits per heavy atom. The molecule has 6 heterocycles. The second-order valence-electron chi connectivity index (χ2n) is 12.0. The summed E-state index contributed by atoms with van der Waals surface area (Å²) in [4.78, 5) is 39.2. The first kappa shape index (κ1) is 30.6. The van der Waals surface area contributed by atoms with Gasteiger partial charge in [-0.25, -0.2) is 38.4 Å². The summed E-state index contributed by atoms with van der Waals surface area (Å²) < 4.78 is 73.4. The van der Waals surface area contributed by atoms with Gasteiger partial charge in [-0.3, -0.25) is 4.79 Å². The summed E-state index contributed by atoms with van der Waals surface area (Å²) in [5.74, 6) is -2.27. The number of nitrogens with one attached hydrogen (secondary N) is 1. The van der Waals surface area contributed by atoms with Gasteiger partial charge in [-0.2, -0.15) is 18.3 Å². The molecule has 0 radical (unpaired) electrons. The Balaban J connectivity index is 1.20. The fourth-order valence-corrected chi connectivity index (χ4v) is 6.72. The quantitative estimate of drug-likeness (QED) is 0.257. The Kier molecular flexibility index (Phi) is 7.15. The molecule has 250 valence electrons. The van der Waals surface area contributed by atoms with Crippen LogP contribution in [0.3, 0.4) is 0 Å². The Morgan fingerprint density at radius 3 is 2.67 bits per heavy atom. The number of aryl methyl sites for hydroxylation is 1. The minimum atomic E-state index is -4.71. The van der Waals surface area contributed by atoms with Crippen molar-refractivity contribution in [1.82, 2.24) is 44.2 Å². The lowest BCUT2D eigenvalue weighted by Crippen LogP contribution is -2.45. The number of hydrogen-bond acceptors (Lipinski definition) is 9. The number of likely N-dealkylation sites (N-methyl/N-ethyl adjacent to an activating group) is 1. The summed E-state index contributed by atoms with van der Waals surface area (Å²) in [7, 11) is 1.61. The van der Waals surface area contributed by atoms with Gasteiger partial charge in [0.15, 0.2) is 11.5 Å². The third-order valence-electron chi connectivity index (χ3n) is 8.88. The van der Waals surface area contributed by atoms with Crippen molar-refractivity contribution < 1.29 is 26.7 Å². The Morgan fingerprint density at radius 2 is 1.86 bits per heavy atom. The number of carbonyl (C=O) groups excluding carboxylic acids is 1. The smallest absolute Gasteiger partial charge is 0.350 e. The van der Waals surface area contributed by atoms with Crippen LogP contribution >= 0.6 is 0 Å². The fourth-order valence-electron chi connectivity index (χ4n) is 6.72. The molecule has 0 saturated carbocycles. The summed E-state index contributed by atoms with van der Waals surface area (Å²) in [5.41, 5.74) is 1.58. The van der Waals surface area contributed by atoms with E-state index in [1.54, 1.807) is 30.1 Å². The van der Waals surface area contributed by atoms with Crippen LogP contribution in [0.4, 0.5) is 33.7 Å². The van der Waals surface area contributed by atoms with Crippen LogP contribution in [0.1, 0.15) is 18.7 Å². The number of alkyl halides is 3. The first-order chi connectivity index (χ1) is 23.6. The number of anilines is 2. The van der Waals surface area contributed by atoms with Gasteiger partial charge in [0.1, 0.15) is 29.7 Å². The fraction of sp³-hybridized carbons (Fsp3) is 0.281. The van der Waals surface area contributed by atoms with E-state index in [4.69, 9.17) is 0 Å². The van der Waals surface area contributed by atoms with E-state index in [1.807, 2.05) is 0 Å². The molecule has 6 aromatic rings. The highest BCUT2D eigenvalue weighted by Gasteiger charge is 2.41. The predicted molar refractivity (Wildman–Crippen MR) is 168 cm³/mol. The van der Waals surface area contributed by atoms with Crippen molar-refractivity contribution in [3.05, 3.63) is 78.6 Å². The van der Waals surface area contributed by atoms with Crippen molar-refractivity contribution in [2.75, 3.05) is 30.4 Å². The molecule has 2 aromatic carbocycles. The molecule has 1 amide bonds. The normalized spacial score (nSPS) is 18.5. The molecule has 49 heavy (non-hydrogen) atoms. The lowest BCUT2D eigenvalue weighted by atomic mass is 10.1. The third kappa shape index (κ3) is 5.25. The average molecular weight is 676 g/mol. The standard InChI is InChI=1S/C32H26F5N11O/c1-45-10-3-11-46-26-19(4-2-5-23(26)43-30(46)32(35,36)37)22-8-9-38-31(44-22)42-18-13-25(29(45)49)47(15-18)27-20-14-41-48(28(20)40-16-39-27)24-7-6-17(33)12-21(24)34/h2,4-9,12,14,16,18,25H,3,10-11,13,15H2,1H3,(H,38,42,44)/t18-,25-/m0/s1. The largest absolute Gasteiger partial charge is 0.449 e. The van der Waals surface area contributed by atoms with Crippen LogP contribution in [-0.4, -0.2) is 82.3 Å². The van der Waals surface area contributed by atoms with Crippen molar-refractivity contribution >= 4 is 39.7 Å². The van der Waals surface area contributed by atoms with Crippen molar-refractivity contribution in [2.24, 2.45) is 0 Å². The lowest BCUT2D eigenvalue weighted by molar-refractivity contribution is -0.147. The number of fused-ring (bicyclic) bond motifs is 6. The molecule has 4 aromatic heterocycles. The van der Waals surface area contributed by atoms with Crippen LogP contribution < -0.4 is 10.2 Å². The van der Waals surface area contributed by atoms with E-state index in [-0.39, 0.29) is 60.8 Å². The van der Waals surface area contributed by atoms with Crippen LogP contribution in [0.15, 0.2) is 61.2 Å². The van der Waals surface area contributed by atoms with E-state index < -0.39 is 29.7 Å². The van der Waals surface area contributed by atoms with Gasteiger partial charge in [-0.15, -0.1) is 0 Å². The highest BCUT2D eigenvalue weighted by Crippen LogP contribution is 2.37. The van der Waals surface area contributed by atoms with E-state index in [1.165, 1.54) is 40.4 Å². The Hall–Kier alpha value is -5.74. The first-order valence-corrected chi connectivity index (χ1v) is 15.4. The van der Waals surface area contributed by atoms with E-state index >= 15 is 0 Å². The lowest BCUT2D eigenvalue weighted by Gasteiger charge is -2.29. The molecule has 2 atom stereocenters. The third-order valence-corrected chi connectivity index (χ3v) is 8.88. The van der Waals surface area contributed by atoms with Gasteiger partial charge in [0.25, 0.3) is 0 Å². The van der Waals surface area contributed by atoms with Crippen LogP contribution in [0.2, 0.25) is 0 Å². The minimum absolute atomic E-state index is 0.0155. The first-order valence-electron chi connectivity index (χ1n) is 15.4. The van der Waals surface area contributed by atoms with Gasteiger partial charge in [-0.1, -0.05) is 12.1 Å². The van der Waals surface area contributed by atoms with E-state index in [9.17, 15) is 26.7 Å². The number of benzene rings is 2. The van der Waals surface area contributed by atoms with Gasteiger partial charge < -0.3 is 19.7 Å². The molecular formula is C32H26F5N11O. The zero-order valence-electron chi connectivity index (χ0n) is 25.7. The highest BCUT2D eigenvalue weighted by atomic mass is 19.4. The molecule has 1 saturated heterocycles. The number of aromatic nitrogens is 8. The maximum atomic E-state index is 14.7. The number of carbonyl (C=O) groups is 1. The van der Waals surface area contributed by atoms with Crippen molar-refractivity contribution in [2.45, 2.75) is 37.6 Å². The van der Waals surface area contributed by atoms with E-state index in [0.29, 0.717) is 34.4 Å². The van der Waals surface area contributed by atoms with Crippen LogP contribution in [0, 0.1) is 11.6 Å². The minimum Gasteiger partial charge on any atom is -0.350 e. The number of imidazole rings is 1. The molecule has 0 spiro atoms. The number of halogens is 5. The predicted octanol–water partition coefficient (Wildman–Crippen LogP) is 4.84. The zero-order valence-corrected chi connectivity index (χ0v) is 25.7. The second-order valence-corrected chi connectivity index (χ2v) is 12.0. The van der Waals surface area contributed by atoms with Crippen molar-refractivity contribution in [1.29, 1.82) is 0 Å². The molecule has 1 N–H and O–H groups in total. The van der Waals surface area contributed by atoms with E-state index in [2.05, 4.69) is 35.3 Å². The number of hydrogen-bond donors (Lipinski definition) is 1. The Bertz CT molecular complexity index is 2250. The van der Waals surface area contributed by atoms with Gasteiger partial charge in [0, 0.05) is 50.6 Å². The van der Waals surface area contributed by atoms with Gasteiger partial charge in [0.2, 0.25) is 17.7 Å². The van der Waals surface area contributed by atoms with Crippen LogP contribution in [-0.2, 0) is 17.5 Å². The summed E-state index contributed by atoms with van der Waals surface area (Å²) in [6, 6.07) is 8.52. The summed E-state index contributed by atoms with van der Waals surface area (Å²) in [5, 5.41) is 8.04. The maximum absolute atomic E-state index is 14.7. The maximum Gasteiger partial charge on any atom is 0.449 e. The topological polar surface area (TPSA) is 123 Å². The Labute approximate surface area is 274 Å². The average Bonchev–Trinajstić information content (AvgIpc) is 3.80. The molecule has 2 aliphatic rings. The summed E-state index contributed by atoms with van der Waals surface area (Å²) in [6.07, 6.45) is 0.0805. The molecular weight excluding hydrogens is 649 g/mol. The SMILES string of the molecule is CN1CCCn2c(C(F)(F)F)nc3cccc(c32)-c2ccnc(n2)N[C@H]2C[C@@H](C1=O)N(c1ncnc3c1cnn3-c1ccc(F)cc1F)C2. The number of nitrogens with zero attached hydrogens (tertiary/aromatic N) is 10. The molecule has 0 unspecified atom stereocenters. The van der Waals surface area contributed by atoms with Crippen molar-refractivity contribution in [3.63, 3.8) is 0 Å². The number of rotatable bonds is 2. The molecule has 2 aliphatic heterocycles. The molecule has 4 bridgehead atoms. The second kappa shape index (κ2) is 11.5. The van der Waals surface area contributed by atoms with E-state index in [0.717, 1.165) is 16.7 Å². The molecule has 12 nitrogen and oxygen atoms in total. The monoisotopic (exact) mass is 675 g/mol. The highest BCUT2D eigenvalue weighted by molar-refractivity contribution is 5.93. The molecule has 8 rings (SSSR count). The van der Waals surface area contributed by atoms with Crippen LogP contribution in [0.25, 0.3) is 39.0 Å². The number of amides is 1. The molecule has 17 heteroatoms. The van der Waals surface area contributed by atoms with Gasteiger partial charge in [0.05, 0.1) is 28.3 Å².